The molecule has 0 bridgehead atoms. The highest BCUT2D eigenvalue weighted by Crippen LogP contribution is 2.38. The fourth-order valence-corrected chi connectivity index (χ4v) is 1.98. The zero-order valence-corrected chi connectivity index (χ0v) is 10.2. The molecule has 0 spiro atoms. The first kappa shape index (κ1) is 12.3. The summed E-state index contributed by atoms with van der Waals surface area (Å²) in [5, 5.41) is 23.5. The molecule has 2 N–H and O–H groups in total. The summed E-state index contributed by atoms with van der Waals surface area (Å²) in [5.74, 6) is -3.31. The molecule has 0 saturated carbocycles. The third-order valence-corrected chi connectivity index (χ3v) is 2.82. The van der Waals surface area contributed by atoms with E-state index in [2.05, 4.69) is 15.1 Å². The molecule has 6 nitrogen and oxygen atoms in total. The van der Waals surface area contributed by atoms with Crippen molar-refractivity contribution in [2.45, 2.75) is 6.92 Å². The molecule has 1 aromatic carbocycles. The maximum Gasteiger partial charge on any atom is 0.258 e. The van der Waals surface area contributed by atoms with Crippen LogP contribution in [0.4, 0.5) is 8.78 Å². The van der Waals surface area contributed by atoms with Gasteiger partial charge in [0.25, 0.3) is 5.78 Å². The van der Waals surface area contributed by atoms with Crippen molar-refractivity contribution in [1.29, 1.82) is 0 Å². The lowest BCUT2D eigenvalue weighted by Gasteiger charge is -2.10. The van der Waals surface area contributed by atoms with E-state index in [-0.39, 0.29) is 5.78 Å². The van der Waals surface area contributed by atoms with Crippen LogP contribution in [0.1, 0.15) is 5.56 Å². The van der Waals surface area contributed by atoms with Crippen molar-refractivity contribution in [3.63, 3.8) is 0 Å². The number of hydrogen-bond donors (Lipinski definition) is 2. The summed E-state index contributed by atoms with van der Waals surface area (Å²) in [4.78, 5) is 7.30. The van der Waals surface area contributed by atoms with Crippen LogP contribution in [0.15, 0.2) is 18.5 Å². The highest BCUT2D eigenvalue weighted by Gasteiger charge is 2.23. The molecule has 20 heavy (non-hydrogen) atoms. The molecule has 3 rings (SSSR count). The largest absolute Gasteiger partial charge is 0.493 e. The first-order valence-corrected chi connectivity index (χ1v) is 5.56. The summed E-state index contributed by atoms with van der Waals surface area (Å²) in [7, 11) is 0. The van der Waals surface area contributed by atoms with Crippen molar-refractivity contribution in [3.05, 3.63) is 35.7 Å². The lowest BCUT2D eigenvalue weighted by molar-refractivity contribution is 0.414. The van der Waals surface area contributed by atoms with Crippen LogP contribution in [0.2, 0.25) is 0 Å². The minimum atomic E-state index is -0.922. The number of aromatic nitrogens is 4. The average molecular weight is 278 g/mol. The minimum absolute atomic E-state index is 0.0864. The van der Waals surface area contributed by atoms with Gasteiger partial charge in [0.15, 0.2) is 0 Å². The van der Waals surface area contributed by atoms with Crippen LogP contribution in [0.3, 0.4) is 0 Å². The normalized spacial score (nSPS) is 11.2. The van der Waals surface area contributed by atoms with Gasteiger partial charge in [-0.25, -0.2) is 8.78 Å². The zero-order valence-electron chi connectivity index (χ0n) is 10.2. The van der Waals surface area contributed by atoms with Crippen molar-refractivity contribution >= 4 is 5.78 Å². The van der Waals surface area contributed by atoms with Gasteiger partial charge in [-0.1, -0.05) is 0 Å². The third-order valence-electron chi connectivity index (χ3n) is 2.82. The first-order valence-electron chi connectivity index (χ1n) is 5.56. The van der Waals surface area contributed by atoms with Crippen LogP contribution >= 0.6 is 0 Å². The van der Waals surface area contributed by atoms with Crippen molar-refractivity contribution < 1.29 is 19.0 Å². The van der Waals surface area contributed by atoms with Gasteiger partial charge in [0.2, 0.25) is 11.8 Å². The fourth-order valence-electron chi connectivity index (χ4n) is 1.98. The van der Waals surface area contributed by atoms with Gasteiger partial charge in [-0.2, -0.15) is 19.6 Å². The molecule has 0 radical (unpaired) electrons. The van der Waals surface area contributed by atoms with Crippen LogP contribution in [-0.2, 0) is 0 Å². The number of halogens is 2. The average Bonchev–Trinajstić information content (AvgIpc) is 2.80. The van der Waals surface area contributed by atoms with Crippen LogP contribution in [0.5, 0.6) is 11.8 Å². The monoisotopic (exact) mass is 278 g/mol. The smallest absolute Gasteiger partial charge is 0.258 e. The molecule has 2 aromatic heterocycles. The van der Waals surface area contributed by atoms with Gasteiger partial charge in [-0.15, -0.1) is 0 Å². The van der Waals surface area contributed by atoms with Crippen LogP contribution in [0.25, 0.3) is 16.9 Å². The topological polar surface area (TPSA) is 83.5 Å². The standard InChI is InChI=1S/C12H8F2N4O2/c1-5-2-6(13)8(7(14)3-5)9-10(19)17-12-15-4-16-18(12)11(9)20/h2-4,20H,1H3,(H,15,16,17,19). The Morgan fingerprint density at radius 2 is 1.75 bits per heavy atom. The summed E-state index contributed by atoms with van der Waals surface area (Å²) in [5.41, 5.74) is -0.675. The maximum atomic E-state index is 13.9. The molecule has 0 amide bonds. The Hall–Kier alpha value is -2.77. The fraction of sp³-hybridized carbons (Fsp3) is 0.0833. The van der Waals surface area contributed by atoms with E-state index >= 15 is 0 Å². The number of aromatic hydroxyl groups is 2. The molecule has 3 aromatic rings. The lowest BCUT2D eigenvalue weighted by Crippen LogP contribution is -1.99. The van der Waals surface area contributed by atoms with Crippen molar-refractivity contribution in [2.24, 2.45) is 0 Å². The van der Waals surface area contributed by atoms with Crippen molar-refractivity contribution in [3.8, 4) is 22.9 Å². The number of hydrogen-bond acceptors (Lipinski definition) is 5. The Balaban J connectivity index is 2.40. The first-order chi connectivity index (χ1) is 9.49. The predicted octanol–water partition coefficient (Wildman–Crippen LogP) is 1.79. The molecule has 0 aliphatic carbocycles. The lowest BCUT2D eigenvalue weighted by atomic mass is 10.0. The number of rotatable bonds is 1. The second-order valence-electron chi connectivity index (χ2n) is 4.21. The SMILES string of the molecule is Cc1cc(F)c(-c2c(O)nc3ncnn3c2O)c(F)c1. The molecule has 0 saturated heterocycles. The van der Waals surface area contributed by atoms with E-state index in [4.69, 9.17) is 0 Å². The Morgan fingerprint density at radius 1 is 1.10 bits per heavy atom. The highest BCUT2D eigenvalue weighted by atomic mass is 19.1. The molecule has 0 fully saturated rings. The minimum Gasteiger partial charge on any atom is -0.493 e. The predicted molar refractivity (Wildman–Crippen MR) is 64.2 cm³/mol. The molecule has 0 aliphatic rings. The second-order valence-corrected chi connectivity index (χ2v) is 4.21. The Kier molecular flexibility index (Phi) is 2.53. The van der Waals surface area contributed by atoms with E-state index in [0.29, 0.717) is 5.56 Å². The van der Waals surface area contributed by atoms with Crippen LogP contribution in [0, 0.1) is 18.6 Å². The van der Waals surface area contributed by atoms with E-state index in [1.54, 1.807) is 0 Å². The summed E-state index contributed by atoms with van der Waals surface area (Å²) in [6.07, 6.45) is 1.09. The zero-order chi connectivity index (χ0) is 14.4. The summed E-state index contributed by atoms with van der Waals surface area (Å²) in [6.45, 7) is 1.52. The number of benzene rings is 1. The van der Waals surface area contributed by atoms with Crippen LogP contribution < -0.4 is 0 Å². The van der Waals surface area contributed by atoms with E-state index in [1.165, 1.54) is 6.92 Å². The molecule has 0 atom stereocenters. The van der Waals surface area contributed by atoms with Gasteiger partial charge in [0.05, 0.1) is 5.56 Å². The Bertz CT molecular complexity index is 809. The molecule has 102 valence electrons. The van der Waals surface area contributed by atoms with E-state index < -0.39 is 34.5 Å². The highest BCUT2D eigenvalue weighted by molar-refractivity contribution is 5.75. The Morgan fingerprint density at radius 3 is 2.40 bits per heavy atom. The second kappa shape index (κ2) is 4.12. The summed E-state index contributed by atoms with van der Waals surface area (Å²) in [6, 6.07) is 2.17. The number of aryl methyl sites for hydroxylation is 1. The molecule has 8 heteroatoms. The van der Waals surface area contributed by atoms with E-state index in [9.17, 15) is 19.0 Å². The third kappa shape index (κ3) is 1.65. The maximum absolute atomic E-state index is 13.9. The van der Waals surface area contributed by atoms with Gasteiger partial charge < -0.3 is 10.2 Å². The molecule has 0 unspecified atom stereocenters. The van der Waals surface area contributed by atoms with Gasteiger partial charge in [0.1, 0.15) is 23.5 Å². The van der Waals surface area contributed by atoms with E-state index in [1.807, 2.05) is 0 Å². The van der Waals surface area contributed by atoms with Crippen molar-refractivity contribution in [1.82, 2.24) is 19.6 Å². The van der Waals surface area contributed by atoms with Crippen molar-refractivity contribution in [2.75, 3.05) is 0 Å². The number of fused-ring (bicyclic) bond motifs is 1. The summed E-state index contributed by atoms with van der Waals surface area (Å²) >= 11 is 0. The quantitative estimate of drug-likeness (QED) is 0.709. The molecular weight excluding hydrogens is 270 g/mol. The van der Waals surface area contributed by atoms with Gasteiger partial charge in [-0.05, 0) is 24.6 Å². The van der Waals surface area contributed by atoms with E-state index in [0.717, 1.165) is 23.0 Å². The molecule has 2 heterocycles. The Labute approximate surface area is 111 Å². The van der Waals surface area contributed by atoms with Gasteiger partial charge in [0, 0.05) is 0 Å². The van der Waals surface area contributed by atoms with Gasteiger partial charge >= 0.3 is 0 Å². The number of nitrogens with zero attached hydrogens (tertiary/aromatic N) is 4. The molecular formula is C12H8F2N4O2. The summed E-state index contributed by atoms with van der Waals surface area (Å²) < 4.78 is 28.8. The van der Waals surface area contributed by atoms with Gasteiger partial charge in [-0.3, -0.25) is 0 Å². The molecule has 0 aliphatic heterocycles. The van der Waals surface area contributed by atoms with Crippen LogP contribution in [-0.4, -0.2) is 29.8 Å².